The average Bonchev–Trinajstić information content (AvgIpc) is 2.63. The van der Waals surface area contributed by atoms with Crippen LogP contribution in [0.15, 0.2) is 51.1 Å². The Morgan fingerprint density at radius 3 is 2.43 bits per heavy atom. The van der Waals surface area contributed by atoms with Crippen molar-refractivity contribution in [3.63, 3.8) is 0 Å². The third kappa shape index (κ3) is 8.46. The van der Waals surface area contributed by atoms with Gasteiger partial charge in [0, 0.05) is 17.5 Å². The van der Waals surface area contributed by atoms with E-state index in [1.165, 1.54) is 26.2 Å². The van der Waals surface area contributed by atoms with E-state index < -0.39 is 24.4 Å². The first-order valence-electron chi connectivity index (χ1n) is 8.80. The number of aliphatic imine (C=N–C) groups is 2. The van der Waals surface area contributed by atoms with E-state index in [2.05, 4.69) is 15.3 Å². The molecule has 10 heteroatoms. The van der Waals surface area contributed by atoms with E-state index in [4.69, 9.17) is 10.5 Å². The van der Waals surface area contributed by atoms with Gasteiger partial charge in [0.15, 0.2) is 0 Å². The molecule has 0 radical (unpaired) electrons. The molecule has 1 rings (SSSR count). The molecule has 1 aromatic carbocycles. The summed E-state index contributed by atoms with van der Waals surface area (Å²) in [7, 11) is 1.34. The molecular formula is C20H24F4N4O2. The van der Waals surface area contributed by atoms with Crippen molar-refractivity contribution in [1.82, 2.24) is 5.32 Å². The van der Waals surface area contributed by atoms with Crippen LogP contribution in [0.1, 0.15) is 26.3 Å². The van der Waals surface area contributed by atoms with E-state index >= 15 is 0 Å². The standard InChI is InChI=1S/C20H24F4N4O2/c1-12(2)18(14-6-5-7-15(21)8-14)28-17(30-4)10-27-19(29)16(13(3)25)9-26-11-20(22,23)24/h5-9H,10-11,25H2,1-4H3,(H,27,29). The molecule has 1 aromatic rings. The molecule has 0 aliphatic carbocycles. The van der Waals surface area contributed by atoms with Crippen molar-refractivity contribution in [2.75, 3.05) is 20.2 Å². The van der Waals surface area contributed by atoms with E-state index in [9.17, 15) is 22.4 Å². The quantitative estimate of drug-likeness (QED) is 0.301. The number of hydrogen-bond acceptors (Lipinski definition) is 5. The molecule has 30 heavy (non-hydrogen) atoms. The summed E-state index contributed by atoms with van der Waals surface area (Å²) < 4.78 is 55.4. The van der Waals surface area contributed by atoms with Crippen LogP contribution in [0.5, 0.6) is 0 Å². The van der Waals surface area contributed by atoms with E-state index in [1.54, 1.807) is 26.0 Å². The number of methoxy groups -OCH3 is 1. The number of nitrogens with two attached hydrogens (primary N) is 1. The number of carbonyl (C=O) groups is 1. The number of hydrogen-bond donors (Lipinski definition) is 2. The van der Waals surface area contributed by atoms with Crippen molar-refractivity contribution in [3.8, 4) is 0 Å². The van der Waals surface area contributed by atoms with Gasteiger partial charge in [0.1, 0.15) is 12.4 Å². The molecule has 0 fully saturated rings. The molecule has 0 unspecified atom stereocenters. The Balaban J connectivity index is 2.99. The number of alkyl halides is 3. The summed E-state index contributed by atoms with van der Waals surface area (Å²) in [6.45, 7) is 3.33. The predicted molar refractivity (Wildman–Crippen MR) is 108 cm³/mol. The summed E-state index contributed by atoms with van der Waals surface area (Å²) in [5, 5.41) is 2.47. The summed E-state index contributed by atoms with van der Waals surface area (Å²) in [4.78, 5) is 19.8. The van der Waals surface area contributed by atoms with Crippen LogP contribution in [0.2, 0.25) is 0 Å². The van der Waals surface area contributed by atoms with Crippen molar-refractivity contribution in [3.05, 3.63) is 52.5 Å². The Kier molecular flexibility index (Phi) is 9.22. The van der Waals surface area contributed by atoms with Gasteiger partial charge in [-0.1, -0.05) is 12.1 Å². The van der Waals surface area contributed by atoms with Crippen LogP contribution >= 0.6 is 0 Å². The molecular weight excluding hydrogens is 404 g/mol. The molecule has 1 amide bonds. The minimum atomic E-state index is -4.49. The number of rotatable bonds is 7. The van der Waals surface area contributed by atoms with Crippen LogP contribution in [0.3, 0.4) is 0 Å². The van der Waals surface area contributed by atoms with Gasteiger partial charge in [-0.25, -0.2) is 9.38 Å². The van der Waals surface area contributed by atoms with Gasteiger partial charge in [-0.3, -0.25) is 9.79 Å². The van der Waals surface area contributed by atoms with Crippen molar-refractivity contribution in [2.24, 2.45) is 15.7 Å². The molecule has 0 aliphatic rings. The third-order valence-corrected chi connectivity index (χ3v) is 3.60. The highest BCUT2D eigenvalue weighted by molar-refractivity contribution is 6.13. The summed E-state index contributed by atoms with van der Waals surface area (Å²) >= 11 is 0. The van der Waals surface area contributed by atoms with Crippen molar-refractivity contribution in [2.45, 2.75) is 26.9 Å². The smallest absolute Gasteiger partial charge is 0.407 e. The topological polar surface area (TPSA) is 89.1 Å². The fraction of sp³-hybridized carbons (Fsp3) is 0.350. The second kappa shape index (κ2) is 11.1. The number of benzene rings is 1. The maximum Gasteiger partial charge on any atom is 0.407 e. The summed E-state index contributed by atoms with van der Waals surface area (Å²) in [5.74, 6) is -1.07. The summed E-state index contributed by atoms with van der Waals surface area (Å²) in [6, 6.07) is 5.83. The highest BCUT2D eigenvalue weighted by Gasteiger charge is 2.26. The van der Waals surface area contributed by atoms with Gasteiger partial charge in [0.25, 0.3) is 5.91 Å². The van der Waals surface area contributed by atoms with Gasteiger partial charge in [-0.2, -0.15) is 13.2 Å². The van der Waals surface area contributed by atoms with Crippen molar-refractivity contribution < 1.29 is 27.1 Å². The number of ether oxygens (including phenoxy) is 1. The molecule has 0 heterocycles. The van der Waals surface area contributed by atoms with Gasteiger partial charge in [0.2, 0.25) is 5.90 Å². The first kappa shape index (κ1) is 24.9. The van der Waals surface area contributed by atoms with Crippen LogP contribution in [0.4, 0.5) is 17.6 Å². The number of carbonyl (C=O) groups excluding carboxylic acids is 1. The van der Waals surface area contributed by atoms with Gasteiger partial charge >= 0.3 is 6.18 Å². The minimum absolute atomic E-state index is 0.000853. The zero-order chi connectivity index (χ0) is 22.9. The molecule has 0 spiro atoms. The first-order chi connectivity index (χ1) is 13.9. The molecule has 3 N–H and O–H groups in total. The Hall–Kier alpha value is -3.17. The second-order valence-electron chi connectivity index (χ2n) is 6.43. The lowest BCUT2D eigenvalue weighted by molar-refractivity contribution is -0.119. The maximum atomic E-state index is 13.5. The Labute approximate surface area is 172 Å². The molecule has 0 aromatic heterocycles. The molecule has 0 aliphatic heterocycles. The van der Waals surface area contributed by atoms with Gasteiger partial charge in [-0.05, 0) is 38.5 Å². The van der Waals surface area contributed by atoms with Gasteiger partial charge in [-0.15, -0.1) is 0 Å². The number of nitrogens with one attached hydrogen (secondary N) is 1. The average molecular weight is 428 g/mol. The summed E-state index contributed by atoms with van der Waals surface area (Å²) in [5.41, 5.74) is 7.13. The number of halogens is 4. The van der Waals surface area contributed by atoms with Crippen LogP contribution in [-0.2, 0) is 9.53 Å². The molecule has 6 nitrogen and oxygen atoms in total. The van der Waals surface area contributed by atoms with Crippen molar-refractivity contribution >= 4 is 23.7 Å². The molecule has 164 valence electrons. The molecule has 0 atom stereocenters. The lowest BCUT2D eigenvalue weighted by Crippen LogP contribution is -2.33. The number of amides is 1. The predicted octanol–water partition coefficient (Wildman–Crippen LogP) is 3.60. The van der Waals surface area contributed by atoms with Gasteiger partial charge in [0.05, 0.1) is 24.9 Å². The first-order valence-corrected chi connectivity index (χ1v) is 8.80. The van der Waals surface area contributed by atoms with Crippen molar-refractivity contribution in [1.29, 1.82) is 0 Å². The molecule has 0 saturated carbocycles. The van der Waals surface area contributed by atoms with Crippen LogP contribution in [0, 0.1) is 5.82 Å². The fourth-order valence-electron chi connectivity index (χ4n) is 2.21. The van der Waals surface area contributed by atoms with Crippen LogP contribution < -0.4 is 11.1 Å². The highest BCUT2D eigenvalue weighted by atomic mass is 19.4. The lowest BCUT2D eigenvalue weighted by Gasteiger charge is -2.11. The Morgan fingerprint density at radius 1 is 1.27 bits per heavy atom. The van der Waals surface area contributed by atoms with Gasteiger partial charge < -0.3 is 15.8 Å². The Bertz CT molecular complexity index is 879. The minimum Gasteiger partial charge on any atom is -0.483 e. The normalized spacial score (nSPS) is 13.1. The molecule has 0 saturated heterocycles. The molecule has 0 bridgehead atoms. The number of nitrogens with zero attached hydrogens (tertiary/aromatic N) is 2. The maximum absolute atomic E-state index is 13.5. The van der Waals surface area contributed by atoms with E-state index in [0.717, 1.165) is 11.8 Å². The largest absolute Gasteiger partial charge is 0.483 e. The summed E-state index contributed by atoms with van der Waals surface area (Å²) in [6.07, 6.45) is -3.72. The second-order valence-corrected chi connectivity index (χ2v) is 6.43. The highest BCUT2D eigenvalue weighted by Crippen LogP contribution is 2.21. The Morgan fingerprint density at radius 2 is 1.93 bits per heavy atom. The lowest BCUT2D eigenvalue weighted by atomic mass is 10.1. The van der Waals surface area contributed by atoms with E-state index in [-0.39, 0.29) is 23.7 Å². The monoisotopic (exact) mass is 428 g/mol. The SMILES string of the molecule is COC(CNC(=O)C(C=NCC(F)(F)F)=C(C)N)=NC(=C(C)C)c1cccc(F)c1. The van der Waals surface area contributed by atoms with E-state index in [1.807, 2.05) is 0 Å². The number of allylic oxidation sites excluding steroid dienone is 2. The van der Waals surface area contributed by atoms with Crippen LogP contribution in [-0.4, -0.2) is 44.4 Å². The fourth-order valence-corrected chi connectivity index (χ4v) is 2.21. The third-order valence-electron chi connectivity index (χ3n) is 3.60. The van der Waals surface area contributed by atoms with Crippen LogP contribution in [0.25, 0.3) is 5.70 Å². The zero-order valence-corrected chi connectivity index (χ0v) is 17.1. The van der Waals surface area contributed by atoms with E-state index in [0.29, 0.717) is 11.3 Å². The zero-order valence-electron chi connectivity index (χ0n) is 17.1.